The normalized spacial score (nSPS) is 14.2. The van der Waals surface area contributed by atoms with Gasteiger partial charge in [0.05, 0.1) is 0 Å². The lowest BCUT2D eigenvalue weighted by atomic mass is 10.2. The van der Waals surface area contributed by atoms with Crippen molar-refractivity contribution in [2.45, 2.75) is 51.7 Å². The van der Waals surface area contributed by atoms with Crippen LogP contribution in [0.4, 0.5) is 24.5 Å². The standard InChI is InChI=1S/C20H25F3N4O/c1-3-26(4-2)16-9-7-15(8-10-16)24-19(28)11-12-27-17(14-5-6-14)13-18(25-27)20(21,22)23/h7-10,13-14H,3-6,11-12H2,1-2H3,(H,24,28). The molecule has 0 atom stereocenters. The van der Waals surface area contributed by atoms with Gasteiger partial charge in [0.1, 0.15) is 0 Å². The summed E-state index contributed by atoms with van der Waals surface area (Å²) in [6.45, 7) is 6.08. The minimum Gasteiger partial charge on any atom is -0.372 e. The third-order valence-electron chi connectivity index (χ3n) is 4.93. The van der Waals surface area contributed by atoms with Gasteiger partial charge in [0, 0.05) is 49.0 Å². The number of halogens is 3. The summed E-state index contributed by atoms with van der Waals surface area (Å²) in [5, 5.41) is 6.47. The first-order valence-electron chi connectivity index (χ1n) is 9.61. The molecule has 0 spiro atoms. The van der Waals surface area contributed by atoms with E-state index in [1.54, 1.807) is 0 Å². The van der Waals surface area contributed by atoms with Crippen molar-refractivity contribution in [2.75, 3.05) is 23.3 Å². The third kappa shape index (κ3) is 4.85. The number of nitrogens with one attached hydrogen (secondary N) is 1. The molecule has 8 heteroatoms. The molecule has 0 radical (unpaired) electrons. The molecule has 1 aromatic heterocycles. The average molecular weight is 394 g/mol. The molecule has 1 fully saturated rings. The number of nitrogens with zero attached hydrogens (tertiary/aromatic N) is 3. The topological polar surface area (TPSA) is 50.2 Å². The number of amides is 1. The molecule has 0 aliphatic heterocycles. The van der Waals surface area contributed by atoms with Gasteiger partial charge in [-0.15, -0.1) is 0 Å². The second kappa shape index (κ2) is 8.24. The maximum Gasteiger partial charge on any atom is 0.435 e. The highest BCUT2D eigenvalue weighted by Crippen LogP contribution is 2.42. The smallest absolute Gasteiger partial charge is 0.372 e. The maximum atomic E-state index is 12.9. The molecule has 1 N–H and O–H groups in total. The van der Waals surface area contributed by atoms with Crippen molar-refractivity contribution < 1.29 is 18.0 Å². The van der Waals surface area contributed by atoms with Gasteiger partial charge in [0.2, 0.25) is 5.91 Å². The molecule has 0 saturated heterocycles. The average Bonchev–Trinajstić information content (AvgIpc) is 3.40. The number of hydrogen-bond acceptors (Lipinski definition) is 3. The molecule has 1 aliphatic carbocycles. The molecule has 1 amide bonds. The second-order valence-corrected chi connectivity index (χ2v) is 6.97. The summed E-state index contributed by atoms with van der Waals surface area (Å²) in [5.74, 6) is -0.124. The number of carbonyl (C=O) groups is 1. The van der Waals surface area contributed by atoms with Gasteiger partial charge in [-0.05, 0) is 57.0 Å². The van der Waals surface area contributed by atoms with E-state index in [1.165, 1.54) is 4.68 Å². The van der Waals surface area contributed by atoms with Gasteiger partial charge >= 0.3 is 6.18 Å². The Balaban J connectivity index is 1.59. The number of alkyl halides is 3. The number of benzene rings is 1. The highest BCUT2D eigenvalue weighted by Gasteiger charge is 2.37. The summed E-state index contributed by atoms with van der Waals surface area (Å²) >= 11 is 0. The Hall–Kier alpha value is -2.51. The minimum atomic E-state index is -4.47. The van der Waals surface area contributed by atoms with E-state index in [2.05, 4.69) is 29.2 Å². The van der Waals surface area contributed by atoms with Crippen LogP contribution in [0.3, 0.4) is 0 Å². The molecule has 1 aliphatic rings. The van der Waals surface area contributed by atoms with Gasteiger partial charge < -0.3 is 10.2 Å². The van der Waals surface area contributed by atoms with E-state index in [9.17, 15) is 18.0 Å². The lowest BCUT2D eigenvalue weighted by molar-refractivity contribution is -0.141. The summed E-state index contributed by atoms with van der Waals surface area (Å²) in [4.78, 5) is 14.4. The third-order valence-corrected chi connectivity index (χ3v) is 4.93. The van der Waals surface area contributed by atoms with Gasteiger partial charge in [-0.25, -0.2) is 0 Å². The van der Waals surface area contributed by atoms with E-state index in [4.69, 9.17) is 0 Å². The molecule has 28 heavy (non-hydrogen) atoms. The fraction of sp³-hybridized carbons (Fsp3) is 0.500. The van der Waals surface area contributed by atoms with Gasteiger partial charge in [-0.3, -0.25) is 9.48 Å². The van der Waals surface area contributed by atoms with E-state index in [0.717, 1.165) is 37.7 Å². The van der Waals surface area contributed by atoms with E-state index >= 15 is 0 Å². The van der Waals surface area contributed by atoms with Crippen molar-refractivity contribution in [3.8, 4) is 0 Å². The van der Waals surface area contributed by atoms with Crippen LogP contribution in [-0.2, 0) is 17.5 Å². The zero-order valence-corrected chi connectivity index (χ0v) is 16.1. The minimum absolute atomic E-state index is 0.0660. The van der Waals surface area contributed by atoms with Gasteiger partial charge in [-0.2, -0.15) is 18.3 Å². The molecule has 1 heterocycles. The maximum absolute atomic E-state index is 12.9. The van der Waals surface area contributed by atoms with Crippen molar-refractivity contribution >= 4 is 17.3 Å². The molecule has 1 saturated carbocycles. The Labute approximate surface area is 162 Å². The van der Waals surface area contributed by atoms with Gasteiger partial charge in [0.25, 0.3) is 0 Å². The Kier molecular flexibility index (Phi) is 5.96. The monoisotopic (exact) mass is 394 g/mol. The summed E-state index contributed by atoms with van der Waals surface area (Å²) in [6, 6.07) is 8.66. The SMILES string of the molecule is CCN(CC)c1ccc(NC(=O)CCn2nc(C(F)(F)F)cc2C2CC2)cc1. The zero-order chi connectivity index (χ0) is 20.3. The van der Waals surface area contributed by atoms with Crippen molar-refractivity contribution in [3.63, 3.8) is 0 Å². The molecule has 2 aromatic rings. The molecule has 0 bridgehead atoms. The Morgan fingerprint density at radius 2 is 1.86 bits per heavy atom. The predicted octanol–water partition coefficient (Wildman–Crippen LogP) is 4.65. The molecule has 152 valence electrons. The molecular weight excluding hydrogens is 369 g/mol. The van der Waals surface area contributed by atoms with E-state index < -0.39 is 11.9 Å². The van der Waals surface area contributed by atoms with Crippen LogP contribution in [0, 0.1) is 0 Å². The lowest BCUT2D eigenvalue weighted by Crippen LogP contribution is -2.21. The van der Waals surface area contributed by atoms with Crippen LogP contribution in [0.1, 0.15) is 50.4 Å². The van der Waals surface area contributed by atoms with E-state index in [0.29, 0.717) is 11.4 Å². The van der Waals surface area contributed by atoms with Crippen LogP contribution in [0.5, 0.6) is 0 Å². The Morgan fingerprint density at radius 3 is 2.39 bits per heavy atom. The van der Waals surface area contributed by atoms with Crippen molar-refractivity contribution in [1.29, 1.82) is 0 Å². The molecular formula is C20H25F3N4O. The van der Waals surface area contributed by atoms with Crippen LogP contribution in [0.15, 0.2) is 30.3 Å². The summed E-state index contributed by atoms with van der Waals surface area (Å²) in [7, 11) is 0. The lowest BCUT2D eigenvalue weighted by Gasteiger charge is -2.21. The van der Waals surface area contributed by atoms with Crippen LogP contribution >= 0.6 is 0 Å². The van der Waals surface area contributed by atoms with Crippen LogP contribution in [0.25, 0.3) is 0 Å². The second-order valence-electron chi connectivity index (χ2n) is 6.97. The summed E-state index contributed by atoms with van der Waals surface area (Å²) in [5.41, 5.74) is 1.43. The number of aryl methyl sites for hydroxylation is 1. The summed E-state index contributed by atoms with van der Waals surface area (Å²) in [6.07, 6.45) is -2.66. The van der Waals surface area contributed by atoms with Gasteiger partial charge in [-0.1, -0.05) is 0 Å². The molecule has 5 nitrogen and oxygen atoms in total. The number of anilines is 2. The van der Waals surface area contributed by atoms with Gasteiger partial charge in [0.15, 0.2) is 5.69 Å². The summed E-state index contributed by atoms with van der Waals surface area (Å²) < 4.78 is 40.1. The molecule has 0 unspecified atom stereocenters. The van der Waals surface area contributed by atoms with Crippen molar-refractivity contribution in [2.24, 2.45) is 0 Å². The Morgan fingerprint density at radius 1 is 1.21 bits per heavy atom. The first-order chi connectivity index (χ1) is 13.3. The quantitative estimate of drug-likeness (QED) is 0.709. The highest BCUT2D eigenvalue weighted by atomic mass is 19.4. The van der Waals surface area contributed by atoms with Crippen molar-refractivity contribution in [3.05, 3.63) is 41.7 Å². The molecule has 1 aromatic carbocycles. The fourth-order valence-electron chi connectivity index (χ4n) is 3.23. The van der Waals surface area contributed by atoms with Crippen LogP contribution in [-0.4, -0.2) is 28.8 Å². The molecule has 3 rings (SSSR count). The first-order valence-corrected chi connectivity index (χ1v) is 9.61. The largest absolute Gasteiger partial charge is 0.435 e. The predicted molar refractivity (Wildman–Crippen MR) is 102 cm³/mol. The first kappa shape index (κ1) is 20.2. The van der Waals surface area contributed by atoms with Crippen molar-refractivity contribution in [1.82, 2.24) is 9.78 Å². The Bertz CT molecular complexity index is 806. The van der Waals surface area contributed by atoms with E-state index in [-0.39, 0.29) is 24.8 Å². The number of aromatic nitrogens is 2. The highest BCUT2D eigenvalue weighted by molar-refractivity contribution is 5.90. The van der Waals surface area contributed by atoms with E-state index in [1.807, 2.05) is 24.3 Å². The van der Waals surface area contributed by atoms with Crippen LogP contribution in [0.2, 0.25) is 0 Å². The zero-order valence-electron chi connectivity index (χ0n) is 16.1. The van der Waals surface area contributed by atoms with Crippen LogP contribution < -0.4 is 10.2 Å². The number of hydrogen-bond donors (Lipinski definition) is 1. The fourth-order valence-corrected chi connectivity index (χ4v) is 3.23. The number of carbonyl (C=O) groups excluding carboxylic acids is 1. The number of rotatable bonds is 8.